The van der Waals surface area contributed by atoms with Crippen LogP contribution in [0.5, 0.6) is 0 Å². The number of carbonyl (C=O) groups is 1. The monoisotopic (exact) mass is 352 g/mol. The third kappa shape index (κ3) is 2.78. The lowest BCUT2D eigenvalue weighted by Crippen LogP contribution is -2.47. The molecule has 134 valence electrons. The lowest BCUT2D eigenvalue weighted by molar-refractivity contribution is 0.0731. The lowest BCUT2D eigenvalue weighted by Gasteiger charge is -2.36. The molecule has 8 heteroatoms. The van der Waals surface area contributed by atoms with Crippen LogP contribution in [-0.4, -0.2) is 62.0 Å². The van der Waals surface area contributed by atoms with Crippen molar-refractivity contribution in [2.45, 2.75) is 19.0 Å². The van der Waals surface area contributed by atoms with Crippen molar-refractivity contribution in [3.05, 3.63) is 63.8 Å². The van der Waals surface area contributed by atoms with Crippen LogP contribution < -0.4 is 5.56 Å². The second-order valence-electron chi connectivity index (χ2n) is 6.73. The van der Waals surface area contributed by atoms with Crippen LogP contribution in [0.2, 0.25) is 0 Å². The quantitative estimate of drug-likeness (QED) is 0.744. The second kappa shape index (κ2) is 6.38. The highest BCUT2D eigenvalue weighted by Gasteiger charge is 2.27. The van der Waals surface area contributed by atoms with Gasteiger partial charge in [-0.1, -0.05) is 24.3 Å². The third-order valence-corrected chi connectivity index (χ3v) is 4.99. The maximum atomic E-state index is 12.8. The molecule has 0 aliphatic carbocycles. The molecule has 26 heavy (non-hydrogen) atoms. The third-order valence-electron chi connectivity index (χ3n) is 4.99. The largest absolute Gasteiger partial charge is 0.340 e. The molecule has 8 nitrogen and oxygen atoms in total. The van der Waals surface area contributed by atoms with Crippen molar-refractivity contribution in [3.63, 3.8) is 0 Å². The molecule has 1 aromatic carbocycles. The number of H-pyrrole nitrogens is 1. The Kier molecular flexibility index (Phi) is 4.04. The SMILES string of the molecule is CN(C[C@@H]1Cc2ccccc2CN1C)C(=O)c1cnc2nc[nH]n2c1=O. The van der Waals surface area contributed by atoms with Crippen molar-refractivity contribution in [3.8, 4) is 0 Å². The van der Waals surface area contributed by atoms with E-state index in [9.17, 15) is 9.59 Å². The minimum atomic E-state index is -0.438. The van der Waals surface area contributed by atoms with E-state index < -0.39 is 5.56 Å². The van der Waals surface area contributed by atoms with E-state index in [4.69, 9.17) is 0 Å². The molecule has 1 amide bonds. The van der Waals surface area contributed by atoms with Crippen LogP contribution in [0.3, 0.4) is 0 Å². The maximum Gasteiger partial charge on any atom is 0.286 e. The Balaban J connectivity index is 1.54. The summed E-state index contributed by atoms with van der Waals surface area (Å²) in [5, 5.41) is 2.67. The minimum absolute atomic E-state index is 0.0353. The number of amides is 1. The number of likely N-dealkylation sites (N-methyl/N-ethyl adjacent to an activating group) is 2. The zero-order valence-electron chi connectivity index (χ0n) is 14.7. The number of hydrogen-bond donors (Lipinski definition) is 1. The zero-order valence-corrected chi connectivity index (χ0v) is 14.7. The molecule has 0 bridgehead atoms. The number of aromatic nitrogens is 4. The van der Waals surface area contributed by atoms with Crippen LogP contribution in [0.1, 0.15) is 21.5 Å². The van der Waals surface area contributed by atoms with Gasteiger partial charge in [-0.3, -0.25) is 19.6 Å². The average molecular weight is 352 g/mol. The second-order valence-corrected chi connectivity index (χ2v) is 6.73. The summed E-state index contributed by atoms with van der Waals surface area (Å²) < 4.78 is 1.17. The van der Waals surface area contributed by atoms with Gasteiger partial charge in [-0.2, -0.15) is 4.52 Å². The van der Waals surface area contributed by atoms with E-state index in [2.05, 4.69) is 45.2 Å². The molecule has 1 aliphatic rings. The molecule has 3 heterocycles. The first kappa shape index (κ1) is 16.5. The van der Waals surface area contributed by atoms with Crippen LogP contribution in [0, 0.1) is 0 Å². The molecule has 2 aromatic heterocycles. The fourth-order valence-electron chi connectivity index (χ4n) is 3.47. The lowest BCUT2D eigenvalue weighted by atomic mass is 9.94. The molecule has 0 unspecified atom stereocenters. The number of nitrogens with zero attached hydrogens (tertiary/aromatic N) is 5. The van der Waals surface area contributed by atoms with Crippen LogP contribution in [0.4, 0.5) is 0 Å². The average Bonchev–Trinajstić information content (AvgIpc) is 3.12. The van der Waals surface area contributed by atoms with Gasteiger partial charge in [0.2, 0.25) is 0 Å². The van der Waals surface area contributed by atoms with E-state index in [0.29, 0.717) is 6.54 Å². The van der Waals surface area contributed by atoms with Gasteiger partial charge in [-0.15, -0.1) is 0 Å². The Bertz CT molecular complexity index is 1020. The van der Waals surface area contributed by atoms with Crippen LogP contribution in [-0.2, 0) is 13.0 Å². The van der Waals surface area contributed by atoms with Gasteiger partial charge in [0.05, 0.1) is 0 Å². The summed E-state index contributed by atoms with van der Waals surface area (Å²) in [5.41, 5.74) is 2.24. The predicted molar refractivity (Wildman–Crippen MR) is 96.0 cm³/mol. The topological polar surface area (TPSA) is 86.6 Å². The molecule has 1 aliphatic heterocycles. The first-order chi connectivity index (χ1) is 12.5. The molecule has 0 saturated carbocycles. The minimum Gasteiger partial charge on any atom is -0.340 e. The van der Waals surface area contributed by atoms with Crippen molar-refractivity contribution >= 4 is 11.7 Å². The van der Waals surface area contributed by atoms with Crippen LogP contribution in [0.25, 0.3) is 5.78 Å². The summed E-state index contributed by atoms with van der Waals surface area (Å²) in [5.74, 6) is -0.0865. The van der Waals surface area contributed by atoms with Crippen molar-refractivity contribution < 1.29 is 4.79 Å². The van der Waals surface area contributed by atoms with Crippen molar-refractivity contribution in [2.75, 3.05) is 20.6 Å². The van der Waals surface area contributed by atoms with Crippen LogP contribution >= 0.6 is 0 Å². The normalized spacial score (nSPS) is 17.2. The Morgan fingerprint density at radius 3 is 2.88 bits per heavy atom. The van der Waals surface area contributed by atoms with Crippen molar-refractivity contribution in [2.24, 2.45) is 0 Å². The van der Waals surface area contributed by atoms with Gasteiger partial charge in [0.15, 0.2) is 0 Å². The van der Waals surface area contributed by atoms with E-state index >= 15 is 0 Å². The molecule has 3 aromatic rings. The maximum absolute atomic E-state index is 12.8. The van der Waals surface area contributed by atoms with Crippen molar-refractivity contribution in [1.29, 1.82) is 0 Å². The van der Waals surface area contributed by atoms with E-state index in [0.717, 1.165) is 13.0 Å². The highest BCUT2D eigenvalue weighted by molar-refractivity contribution is 5.93. The van der Waals surface area contributed by atoms with Gasteiger partial charge in [0, 0.05) is 32.4 Å². The first-order valence-electron chi connectivity index (χ1n) is 8.48. The smallest absolute Gasteiger partial charge is 0.286 e. The summed E-state index contributed by atoms with van der Waals surface area (Å²) in [6.45, 7) is 1.39. The van der Waals surface area contributed by atoms with Gasteiger partial charge in [0.1, 0.15) is 11.9 Å². The van der Waals surface area contributed by atoms with Crippen LogP contribution in [0.15, 0.2) is 41.6 Å². The fraction of sp³-hybridized carbons (Fsp3) is 0.333. The molecule has 0 radical (unpaired) electrons. The zero-order chi connectivity index (χ0) is 18.3. The Labute approximate surface area is 150 Å². The molecular weight excluding hydrogens is 332 g/mol. The van der Waals surface area contributed by atoms with E-state index in [1.807, 2.05) is 6.07 Å². The molecular formula is C18H20N6O2. The number of hydrogen-bond acceptors (Lipinski definition) is 5. The summed E-state index contributed by atoms with van der Waals surface area (Å²) >= 11 is 0. The molecule has 0 spiro atoms. The van der Waals surface area contributed by atoms with Gasteiger partial charge < -0.3 is 4.90 Å². The molecule has 0 fully saturated rings. The summed E-state index contributed by atoms with van der Waals surface area (Å²) in [6.07, 6.45) is 3.55. The van der Waals surface area contributed by atoms with Gasteiger partial charge in [-0.05, 0) is 24.6 Å². The number of fused-ring (bicyclic) bond motifs is 2. The Hall–Kier alpha value is -3.00. The highest BCUT2D eigenvalue weighted by Crippen LogP contribution is 2.22. The number of rotatable bonds is 3. The number of benzene rings is 1. The van der Waals surface area contributed by atoms with E-state index in [-0.39, 0.29) is 23.3 Å². The number of aromatic amines is 1. The van der Waals surface area contributed by atoms with Crippen molar-refractivity contribution in [1.82, 2.24) is 29.4 Å². The fourth-order valence-corrected chi connectivity index (χ4v) is 3.47. The molecule has 1 N–H and O–H groups in total. The molecule has 1 atom stereocenters. The predicted octanol–water partition coefficient (Wildman–Crippen LogP) is 0.546. The number of nitrogens with one attached hydrogen (secondary N) is 1. The summed E-state index contributed by atoms with van der Waals surface area (Å²) in [7, 11) is 3.78. The summed E-state index contributed by atoms with van der Waals surface area (Å²) in [4.78, 5) is 37.0. The highest BCUT2D eigenvalue weighted by atomic mass is 16.2. The van der Waals surface area contributed by atoms with Gasteiger partial charge >= 0.3 is 0 Å². The standard InChI is InChI=1S/C18H20N6O2/c1-22-9-13-6-4-3-5-12(13)7-14(22)10-23(2)16(25)15-8-19-18-20-11-21-24(18)17(15)26/h3-6,8,11,14H,7,9-10H2,1-2H3,(H,19,20,21)/t14-/m0/s1. The number of carbonyl (C=O) groups excluding carboxylic acids is 1. The van der Waals surface area contributed by atoms with E-state index in [1.165, 1.54) is 28.2 Å². The molecule has 4 rings (SSSR count). The van der Waals surface area contributed by atoms with Gasteiger partial charge in [0.25, 0.3) is 17.2 Å². The summed E-state index contributed by atoms with van der Waals surface area (Å²) in [6, 6.07) is 8.57. The van der Waals surface area contributed by atoms with E-state index in [1.54, 1.807) is 11.9 Å². The Morgan fingerprint density at radius 1 is 1.31 bits per heavy atom. The Morgan fingerprint density at radius 2 is 2.08 bits per heavy atom. The molecule has 0 saturated heterocycles. The first-order valence-corrected chi connectivity index (χ1v) is 8.48. The van der Waals surface area contributed by atoms with Gasteiger partial charge in [-0.25, -0.2) is 9.97 Å².